The van der Waals surface area contributed by atoms with E-state index in [4.69, 9.17) is 4.42 Å². The van der Waals surface area contributed by atoms with Crippen LogP contribution in [0.4, 0.5) is 0 Å². The van der Waals surface area contributed by atoms with Gasteiger partial charge in [0.1, 0.15) is 11.2 Å². The van der Waals surface area contributed by atoms with Crippen LogP contribution in [-0.2, 0) is 0 Å². The molecule has 0 atom stereocenters. The van der Waals surface area contributed by atoms with Gasteiger partial charge in [0.15, 0.2) is 0 Å². The van der Waals surface area contributed by atoms with Crippen molar-refractivity contribution in [3.8, 4) is 55.6 Å². The average Bonchev–Trinajstić information content (AvgIpc) is 3.70. The third kappa shape index (κ3) is 4.00. The van der Waals surface area contributed by atoms with Gasteiger partial charge in [0.25, 0.3) is 0 Å². The van der Waals surface area contributed by atoms with Crippen LogP contribution in [0.2, 0.25) is 0 Å². The van der Waals surface area contributed by atoms with Gasteiger partial charge in [0.05, 0.1) is 0 Å². The van der Waals surface area contributed by atoms with Gasteiger partial charge in [0.2, 0.25) is 0 Å². The first-order valence-electron chi connectivity index (χ1n) is 16.9. The maximum Gasteiger partial charge on any atom is 0.136 e. The molecular weight excluding hydrogens is 593 g/mol. The van der Waals surface area contributed by atoms with Crippen LogP contribution in [0.3, 0.4) is 0 Å². The minimum Gasteiger partial charge on any atom is -0.456 e. The maximum atomic E-state index is 6.49. The largest absolute Gasteiger partial charge is 0.456 e. The molecule has 1 aliphatic carbocycles. The second-order valence-electron chi connectivity index (χ2n) is 13.3. The first-order chi connectivity index (χ1) is 24.2. The first kappa shape index (κ1) is 26.6. The van der Waals surface area contributed by atoms with Gasteiger partial charge in [-0.1, -0.05) is 127 Å². The van der Waals surface area contributed by atoms with Crippen molar-refractivity contribution in [1.29, 1.82) is 0 Å². The molecule has 1 aromatic heterocycles. The fourth-order valence-corrected chi connectivity index (χ4v) is 8.16. The quantitative estimate of drug-likeness (QED) is 0.192. The molecule has 226 valence electrons. The van der Waals surface area contributed by atoms with E-state index in [1.807, 2.05) is 0 Å². The molecule has 0 amide bonds. The monoisotopic (exact) mass is 620 g/mol. The molecule has 0 bridgehead atoms. The molecule has 1 heteroatoms. The van der Waals surface area contributed by atoms with Crippen LogP contribution in [0.5, 0.6) is 0 Å². The third-order valence-electron chi connectivity index (χ3n) is 10.6. The summed E-state index contributed by atoms with van der Waals surface area (Å²) in [6, 6.07) is 62.1. The van der Waals surface area contributed by atoms with Crippen LogP contribution in [0.15, 0.2) is 174 Å². The second kappa shape index (κ2) is 10.0. The van der Waals surface area contributed by atoms with E-state index in [1.165, 1.54) is 76.8 Å². The van der Waals surface area contributed by atoms with Gasteiger partial charge in [-0.15, -0.1) is 0 Å². The first-order valence-corrected chi connectivity index (χ1v) is 16.9. The highest BCUT2D eigenvalue weighted by atomic mass is 16.3. The third-order valence-corrected chi connectivity index (χ3v) is 10.6. The highest BCUT2D eigenvalue weighted by Gasteiger charge is 2.22. The van der Waals surface area contributed by atoms with Gasteiger partial charge in [-0.05, 0) is 130 Å². The molecule has 0 radical (unpaired) electrons. The predicted molar refractivity (Wildman–Crippen MR) is 207 cm³/mol. The number of fused-ring (bicyclic) bond motifs is 8. The zero-order valence-electron chi connectivity index (χ0n) is 26.6. The topological polar surface area (TPSA) is 13.1 Å². The summed E-state index contributed by atoms with van der Waals surface area (Å²) < 4.78 is 6.49. The molecule has 0 saturated carbocycles. The lowest BCUT2D eigenvalue weighted by molar-refractivity contribution is 0.669. The molecule has 0 fully saturated rings. The molecular formula is C48H28O. The molecule has 0 N–H and O–H groups in total. The summed E-state index contributed by atoms with van der Waals surface area (Å²) in [4.78, 5) is 0. The maximum absolute atomic E-state index is 6.49. The fourth-order valence-electron chi connectivity index (χ4n) is 8.16. The minimum absolute atomic E-state index is 0.910. The Balaban J connectivity index is 0.950. The number of furan rings is 1. The van der Waals surface area contributed by atoms with E-state index in [0.29, 0.717) is 0 Å². The standard InChI is InChI=1S/C48H28O/c1-2-7-30-24-32(13-12-29(30)6-1)35-18-20-41-42-21-19-36(28-47(42)49-46(41)27-35)33-14-15-34-26-37(17-16-31(34)25-33)38-22-23-45-40-9-4-3-8-39(40)44-11-5-10-43(38)48(44)45/h1-28H. The van der Waals surface area contributed by atoms with Gasteiger partial charge in [-0.2, -0.15) is 0 Å². The van der Waals surface area contributed by atoms with Crippen molar-refractivity contribution in [2.24, 2.45) is 0 Å². The van der Waals surface area contributed by atoms with Crippen molar-refractivity contribution in [3.63, 3.8) is 0 Å². The SMILES string of the molecule is c1ccc2c(c1)-c1cccc3c(-c4ccc5cc(-c6ccc7c(c6)oc6cc(-c8ccc9ccccc9c8)ccc67)ccc5c4)ccc-2c13. The molecule has 0 saturated heterocycles. The van der Waals surface area contributed by atoms with Crippen LogP contribution >= 0.6 is 0 Å². The van der Waals surface area contributed by atoms with Crippen LogP contribution < -0.4 is 0 Å². The summed E-state index contributed by atoms with van der Waals surface area (Å²) in [6.45, 7) is 0. The molecule has 10 aromatic rings. The van der Waals surface area contributed by atoms with E-state index >= 15 is 0 Å². The summed E-state index contributed by atoms with van der Waals surface area (Å²) in [5.41, 5.74) is 14.4. The van der Waals surface area contributed by atoms with Gasteiger partial charge in [-0.3, -0.25) is 0 Å². The van der Waals surface area contributed by atoms with Gasteiger partial charge < -0.3 is 4.42 Å². The van der Waals surface area contributed by atoms with E-state index in [1.54, 1.807) is 0 Å². The zero-order valence-corrected chi connectivity index (χ0v) is 26.6. The zero-order chi connectivity index (χ0) is 32.1. The summed E-state index contributed by atoms with van der Waals surface area (Å²) in [6.07, 6.45) is 0. The number of benzene rings is 9. The molecule has 0 aliphatic heterocycles. The molecule has 9 aromatic carbocycles. The van der Waals surface area contributed by atoms with E-state index in [9.17, 15) is 0 Å². The van der Waals surface area contributed by atoms with Crippen LogP contribution in [0, 0.1) is 0 Å². The van der Waals surface area contributed by atoms with E-state index < -0.39 is 0 Å². The molecule has 11 rings (SSSR count). The van der Waals surface area contributed by atoms with Crippen LogP contribution in [0.25, 0.3) is 110 Å². The Morgan fingerprint density at radius 2 is 0.735 bits per heavy atom. The Bertz CT molecular complexity index is 2960. The van der Waals surface area contributed by atoms with Crippen molar-refractivity contribution in [3.05, 3.63) is 170 Å². The Morgan fingerprint density at radius 1 is 0.265 bits per heavy atom. The van der Waals surface area contributed by atoms with Crippen molar-refractivity contribution in [2.45, 2.75) is 0 Å². The molecule has 0 unspecified atom stereocenters. The summed E-state index contributed by atoms with van der Waals surface area (Å²) in [7, 11) is 0. The minimum atomic E-state index is 0.910. The van der Waals surface area contributed by atoms with Crippen LogP contribution in [0.1, 0.15) is 0 Å². The lowest BCUT2D eigenvalue weighted by Crippen LogP contribution is -1.85. The lowest BCUT2D eigenvalue weighted by Gasteiger charge is -2.11. The van der Waals surface area contributed by atoms with Crippen molar-refractivity contribution in [1.82, 2.24) is 0 Å². The van der Waals surface area contributed by atoms with Gasteiger partial charge >= 0.3 is 0 Å². The lowest BCUT2D eigenvalue weighted by atomic mass is 9.92. The van der Waals surface area contributed by atoms with Crippen molar-refractivity contribution in [2.75, 3.05) is 0 Å². The highest BCUT2D eigenvalue weighted by Crippen LogP contribution is 2.49. The van der Waals surface area contributed by atoms with Gasteiger partial charge in [0, 0.05) is 10.8 Å². The Kier molecular flexibility index (Phi) is 5.45. The normalized spacial score (nSPS) is 12.1. The summed E-state index contributed by atoms with van der Waals surface area (Å²) in [5.74, 6) is 0. The average molecular weight is 621 g/mol. The Morgan fingerprint density at radius 3 is 1.43 bits per heavy atom. The number of hydrogen-bond donors (Lipinski definition) is 0. The fraction of sp³-hybridized carbons (Fsp3) is 0. The van der Waals surface area contributed by atoms with Gasteiger partial charge in [-0.25, -0.2) is 0 Å². The molecule has 1 aliphatic rings. The number of rotatable bonds is 3. The Labute approximate surface area is 283 Å². The summed E-state index contributed by atoms with van der Waals surface area (Å²) in [5, 5.41) is 9.91. The van der Waals surface area contributed by atoms with E-state index in [2.05, 4.69) is 170 Å². The van der Waals surface area contributed by atoms with E-state index in [0.717, 1.165) is 33.1 Å². The molecule has 0 spiro atoms. The molecule has 1 nitrogen and oxygen atoms in total. The summed E-state index contributed by atoms with van der Waals surface area (Å²) >= 11 is 0. The highest BCUT2D eigenvalue weighted by molar-refractivity contribution is 6.19. The van der Waals surface area contributed by atoms with Crippen LogP contribution in [-0.4, -0.2) is 0 Å². The van der Waals surface area contributed by atoms with E-state index in [-0.39, 0.29) is 0 Å². The second-order valence-corrected chi connectivity index (χ2v) is 13.3. The molecule has 1 heterocycles. The number of hydrogen-bond acceptors (Lipinski definition) is 1. The Hall–Kier alpha value is -6.44. The van der Waals surface area contributed by atoms with Crippen molar-refractivity contribution < 1.29 is 4.42 Å². The molecule has 49 heavy (non-hydrogen) atoms. The smallest absolute Gasteiger partial charge is 0.136 e. The predicted octanol–water partition coefficient (Wildman–Crippen LogP) is 13.7. The van der Waals surface area contributed by atoms with Crippen molar-refractivity contribution >= 4 is 54.3 Å².